The van der Waals surface area contributed by atoms with E-state index in [1.54, 1.807) is 6.08 Å². The van der Waals surface area contributed by atoms with Crippen molar-refractivity contribution < 1.29 is 9.22 Å². The highest BCUT2D eigenvalue weighted by Gasteiger charge is 2.50. The van der Waals surface area contributed by atoms with E-state index in [1.807, 2.05) is 6.08 Å². The van der Waals surface area contributed by atoms with Gasteiger partial charge >= 0.3 is 0 Å². The molecule has 0 saturated heterocycles. The predicted molar refractivity (Wildman–Crippen MR) is 143 cm³/mol. The number of rotatable bonds is 6. The van der Waals surface area contributed by atoms with Gasteiger partial charge in [-0.05, 0) is 46.2 Å². The van der Waals surface area contributed by atoms with Crippen LogP contribution in [0, 0.1) is 17.8 Å². The van der Waals surface area contributed by atoms with Gasteiger partial charge in [0.2, 0.25) is 0 Å². The second-order valence-electron chi connectivity index (χ2n) is 10.7. The van der Waals surface area contributed by atoms with Crippen LogP contribution < -0.4 is 10.4 Å². The number of allylic oxidation sites excluding steroid dienone is 3. The third kappa shape index (κ3) is 6.22. The molecule has 176 valence electrons. The predicted octanol–water partition coefficient (Wildman–Crippen LogP) is 6.32. The second kappa shape index (κ2) is 11.3. The lowest BCUT2D eigenvalue weighted by molar-refractivity contribution is -0.114. The first kappa shape index (κ1) is 25.4. The van der Waals surface area contributed by atoms with Crippen molar-refractivity contribution in [3.05, 3.63) is 85.0 Å². The largest absolute Gasteiger partial charge is 0.407 e. The van der Waals surface area contributed by atoms with Crippen LogP contribution in [0.5, 0.6) is 0 Å². The number of hydrogen-bond donors (Lipinski definition) is 0. The Bertz CT molecular complexity index is 899. The van der Waals surface area contributed by atoms with Gasteiger partial charge in [0.05, 0.1) is 0 Å². The van der Waals surface area contributed by atoms with E-state index < -0.39 is 8.32 Å². The average Bonchev–Trinajstić information content (AvgIpc) is 2.79. The minimum atomic E-state index is -2.56. The zero-order valence-corrected chi connectivity index (χ0v) is 22.0. The smallest absolute Gasteiger partial charge is 0.261 e. The molecule has 0 radical (unpaired) electrons. The minimum Gasteiger partial charge on any atom is -0.407 e. The molecule has 2 unspecified atom stereocenters. The lowest BCUT2D eigenvalue weighted by Crippen LogP contribution is -2.66. The van der Waals surface area contributed by atoms with E-state index in [1.165, 1.54) is 10.4 Å². The van der Waals surface area contributed by atoms with Gasteiger partial charge < -0.3 is 4.43 Å². The fourth-order valence-electron chi connectivity index (χ4n) is 4.91. The molecule has 3 rings (SSSR count). The van der Waals surface area contributed by atoms with Crippen LogP contribution in [0.15, 0.2) is 85.0 Å². The van der Waals surface area contributed by atoms with Crippen LogP contribution in [0.25, 0.3) is 0 Å². The summed E-state index contributed by atoms with van der Waals surface area (Å²) in [7, 11) is -2.56. The maximum Gasteiger partial charge on any atom is 0.261 e. The van der Waals surface area contributed by atoms with Crippen molar-refractivity contribution in [1.82, 2.24) is 0 Å². The van der Waals surface area contributed by atoms with E-state index in [0.29, 0.717) is 24.9 Å². The van der Waals surface area contributed by atoms with Crippen molar-refractivity contribution in [2.45, 2.75) is 58.9 Å². The van der Waals surface area contributed by atoms with Crippen LogP contribution in [0.1, 0.15) is 53.9 Å². The van der Waals surface area contributed by atoms with Gasteiger partial charge in [0, 0.05) is 18.9 Å². The lowest BCUT2D eigenvalue weighted by atomic mass is 9.88. The van der Waals surface area contributed by atoms with Gasteiger partial charge in [-0.2, -0.15) is 0 Å². The van der Waals surface area contributed by atoms with Crippen LogP contribution in [0.4, 0.5) is 0 Å². The number of carbonyl (C=O) groups excluding carboxylic acids is 1. The molecule has 0 heterocycles. The summed E-state index contributed by atoms with van der Waals surface area (Å²) in [5.41, 5.74) is 0. The summed E-state index contributed by atoms with van der Waals surface area (Å²) in [6.45, 7) is 12.1. The first-order chi connectivity index (χ1) is 15.7. The average molecular weight is 461 g/mol. The standard InChI is InChI=1S/C30H40O2Si/c1-24(2)26-20-19-25(13-12-14-27(31)22-21-26)23-32-33(30(3,4)5,28-15-8-6-9-16-28)29-17-10-7-11-18-29/h6-12,14-20,24-26H,13,21-23H2,1-5H3/b14-12-,20-19-. The van der Waals surface area contributed by atoms with E-state index in [-0.39, 0.29) is 16.7 Å². The van der Waals surface area contributed by atoms with Gasteiger partial charge in [-0.25, -0.2) is 0 Å². The number of benzene rings is 2. The van der Waals surface area contributed by atoms with Crippen molar-refractivity contribution in [3.63, 3.8) is 0 Å². The van der Waals surface area contributed by atoms with Crippen LogP contribution in [0.2, 0.25) is 5.04 Å². The molecular weight excluding hydrogens is 420 g/mol. The van der Waals surface area contributed by atoms with E-state index in [0.717, 1.165) is 12.8 Å². The summed E-state index contributed by atoms with van der Waals surface area (Å²) in [5.74, 6) is 1.43. The van der Waals surface area contributed by atoms with Gasteiger partial charge in [0.25, 0.3) is 8.32 Å². The van der Waals surface area contributed by atoms with Gasteiger partial charge in [-0.15, -0.1) is 0 Å². The molecule has 3 heteroatoms. The van der Waals surface area contributed by atoms with Crippen molar-refractivity contribution in [2.24, 2.45) is 17.8 Å². The monoisotopic (exact) mass is 460 g/mol. The molecule has 1 aliphatic rings. The third-order valence-electron chi connectivity index (χ3n) is 6.88. The summed E-state index contributed by atoms with van der Waals surface area (Å²) in [6.07, 6.45) is 10.9. The van der Waals surface area contributed by atoms with Gasteiger partial charge in [-0.1, -0.05) is 114 Å². The molecule has 0 aromatic heterocycles. The van der Waals surface area contributed by atoms with Crippen LogP contribution in [-0.2, 0) is 9.22 Å². The van der Waals surface area contributed by atoms with Gasteiger partial charge in [-0.3, -0.25) is 4.79 Å². The Balaban J connectivity index is 1.98. The maximum absolute atomic E-state index is 12.3. The Morgan fingerprint density at radius 1 is 0.939 bits per heavy atom. The minimum absolute atomic E-state index is 0.0400. The van der Waals surface area contributed by atoms with Crippen molar-refractivity contribution in [1.29, 1.82) is 0 Å². The maximum atomic E-state index is 12.3. The Kier molecular flexibility index (Phi) is 8.67. The molecule has 0 amide bonds. The molecule has 2 aromatic rings. The fourth-order valence-corrected chi connectivity index (χ4v) is 9.53. The summed E-state index contributed by atoms with van der Waals surface area (Å²) in [5, 5.41) is 2.57. The first-order valence-electron chi connectivity index (χ1n) is 12.4. The van der Waals surface area contributed by atoms with Crippen LogP contribution >= 0.6 is 0 Å². The number of hydrogen-bond acceptors (Lipinski definition) is 2. The van der Waals surface area contributed by atoms with Crippen LogP contribution in [0.3, 0.4) is 0 Å². The topological polar surface area (TPSA) is 26.3 Å². The molecule has 0 saturated carbocycles. The molecule has 2 aromatic carbocycles. The van der Waals surface area contributed by atoms with E-state index >= 15 is 0 Å². The van der Waals surface area contributed by atoms with Crippen LogP contribution in [-0.4, -0.2) is 20.7 Å². The Hall–Kier alpha value is -2.23. The third-order valence-corrected chi connectivity index (χ3v) is 11.9. The summed E-state index contributed by atoms with van der Waals surface area (Å²) in [4.78, 5) is 12.3. The van der Waals surface area contributed by atoms with Crippen molar-refractivity contribution in [2.75, 3.05) is 6.61 Å². The molecule has 2 nitrogen and oxygen atoms in total. The van der Waals surface area contributed by atoms with Crippen molar-refractivity contribution in [3.8, 4) is 0 Å². The highest BCUT2D eigenvalue weighted by atomic mass is 28.4. The Labute approximate surface area is 201 Å². The molecule has 0 bridgehead atoms. The molecule has 33 heavy (non-hydrogen) atoms. The Morgan fingerprint density at radius 3 is 2.03 bits per heavy atom. The molecule has 0 fully saturated rings. The first-order valence-corrected chi connectivity index (χ1v) is 14.3. The molecule has 0 N–H and O–H groups in total. The number of carbonyl (C=O) groups is 1. The van der Waals surface area contributed by atoms with E-state index in [2.05, 4.69) is 107 Å². The second-order valence-corrected chi connectivity index (χ2v) is 15.0. The van der Waals surface area contributed by atoms with E-state index in [4.69, 9.17) is 4.43 Å². The SMILES string of the molecule is CC(C)C1/C=C\C(CO[Si](c2ccccc2)(c2ccccc2)C(C)(C)C)C/C=C\C(=O)CC1. The molecule has 2 atom stereocenters. The van der Waals surface area contributed by atoms with Gasteiger partial charge in [0.15, 0.2) is 5.78 Å². The molecule has 1 aliphatic carbocycles. The number of ketones is 1. The highest BCUT2D eigenvalue weighted by molar-refractivity contribution is 6.99. The fraction of sp³-hybridized carbons (Fsp3) is 0.433. The zero-order valence-electron chi connectivity index (χ0n) is 21.0. The quantitative estimate of drug-likeness (QED) is 0.373. The summed E-state index contributed by atoms with van der Waals surface area (Å²) < 4.78 is 7.17. The van der Waals surface area contributed by atoms with E-state index in [9.17, 15) is 4.79 Å². The normalized spacial score (nSPS) is 22.2. The lowest BCUT2D eigenvalue weighted by Gasteiger charge is -2.43. The Morgan fingerprint density at radius 2 is 1.52 bits per heavy atom. The van der Waals surface area contributed by atoms with Gasteiger partial charge in [0.1, 0.15) is 0 Å². The molecule has 0 spiro atoms. The molecular formula is C30H40O2Si. The van der Waals surface area contributed by atoms with Crippen molar-refractivity contribution >= 4 is 24.5 Å². The summed E-state index contributed by atoms with van der Waals surface area (Å²) >= 11 is 0. The highest BCUT2D eigenvalue weighted by Crippen LogP contribution is 2.37. The summed E-state index contributed by atoms with van der Waals surface area (Å²) in [6, 6.07) is 21.6. The zero-order chi connectivity index (χ0) is 23.9. The molecule has 0 aliphatic heterocycles.